The van der Waals surface area contributed by atoms with Crippen LogP contribution in [0.2, 0.25) is 0 Å². The molecule has 6 heteroatoms. The molecule has 4 rings (SSSR count). The molecule has 0 bridgehead atoms. The second-order valence-electron chi connectivity index (χ2n) is 7.69. The maximum Gasteiger partial charge on any atom is 0.288 e. The smallest absolute Gasteiger partial charge is 0.288 e. The van der Waals surface area contributed by atoms with Crippen LogP contribution in [0, 0.1) is 0 Å². The first kappa shape index (κ1) is 19.5. The van der Waals surface area contributed by atoms with Gasteiger partial charge in [-0.1, -0.05) is 30.3 Å². The van der Waals surface area contributed by atoms with Crippen LogP contribution in [0.3, 0.4) is 0 Å². The Morgan fingerprint density at radius 1 is 1.03 bits per heavy atom. The van der Waals surface area contributed by atoms with Gasteiger partial charge in [-0.05, 0) is 29.7 Å². The van der Waals surface area contributed by atoms with Gasteiger partial charge >= 0.3 is 0 Å². The fourth-order valence-electron chi connectivity index (χ4n) is 4.41. The molecule has 2 aliphatic heterocycles. The van der Waals surface area contributed by atoms with Crippen molar-refractivity contribution in [1.82, 2.24) is 4.90 Å². The maximum atomic E-state index is 13.0. The molecule has 1 fully saturated rings. The fraction of sp³-hybridized carbons (Fsp3) is 0.391. The van der Waals surface area contributed by atoms with E-state index in [2.05, 4.69) is 0 Å². The molecule has 152 valence electrons. The molecule has 2 heterocycles. The van der Waals surface area contributed by atoms with E-state index in [4.69, 9.17) is 9.47 Å². The van der Waals surface area contributed by atoms with E-state index >= 15 is 0 Å². The highest BCUT2D eigenvalue weighted by Crippen LogP contribution is 2.31. The third kappa shape index (κ3) is 3.85. The molecule has 1 saturated heterocycles. The maximum absolute atomic E-state index is 13.0. The lowest BCUT2D eigenvalue weighted by Crippen LogP contribution is -3.16. The average Bonchev–Trinajstić information content (AvgIpc) is 3.04. The number of rotatable bonds is 6. The topological polar surface area (TPSA) is 60.3 Å². The summed E-state index contributed by atoms with van der Waals surface area (Å²) in [4.78, 5) is 28.2. The van der Waals surface area contributed by atoms with Gasteiger partial charge in [-0.3, -0.25) is 14.5 Å². The molecule has 0 saturated carbocycles. The molecule has 2 aliphatic rings. The Balaban J connectivity index is 1.45. The number of imide groups is 1. The van der Waals surface area contributed by atoms with Gasteiger partial charge in [0.25, 0.3) is 5.91 Å². The van der Waals surface area contributed by atoms with Gasteiger partial charge in [0.05, 0.1) is 27.2 Å². The molecule has 2 amide bonds. The van der Waals surface area contributed by atoms with Gasteiger partial charge in [-0.2, -0.15) is 0 Å². The standard InChI is InChI=1S/C23H26N2O4/c1-28-20-12-17-9-10-24(15-18(17)13-21(20)29-2)19-14-22(26)25(23(19)27)11-8-16-6-4-3-5-7-16/h3-7,12-13,19H,8-11,14-15H2,1-2H3/p+1/t19-/m1/s1. The number of benzene rings is 2. The van der Waals surface area contributed by atoms with Crippen LogP contribution in [0.25, 0.3) is 0 Å². The van der Waals surface area contributed by atoms with Gasteiger partial charge in [0.15, 0.2) is 17.5 Å². The summed E-state index contributed by atoms with van der Waals surface area (Å²) in [5, 5.41) is 0. The van der Waals surface area contributed by atoms with Crippen molar-refractivity contribution in [3.63, 3.8) is 0 Å². The van der Waals surface area contributed by atoms with E-state index in [1.165, 1.54) is 10.5 Å². The first-order valence-electron chi connectivity index (χ1n) is 10.1. The predicted octanol–water partition coefficient (Wildman–Crippen LogP) is 1.02. The third-order valence-corrected chi connectivity index (χ3v) is 6.04. The Kier molecular flexibility index (Phi) is 5.53. The largest absolute Gasteiger partial charge is 0.493 e. The second-order valence-corrected chi connectivity index (χ2v) is 7.69. The number of ether oxygens (including phenoxy) is 2. The third-order valence-electron chi connectivity index (χ3n) is 6.04. The zero-order valence-corrected chi connectivity index (χ0v) is 16.9. The number of fused-ring (bicyclic) bond motifs is 1. The van der Waals surface area contributed by atoms with Crippen LogP contribution in [-0.4, -0.2) is 50.1 Å². The quantitative estimate of drug-likeness (QED) is 0.742. The highest BCUT2D eigenvalue weighted by atomic mass is 16.5. The molecule has 6 nitrogen and oxygen atoms in total. The minimum absolute atomic E-state index is 0.0372. The molecule has 1 unspecified atom stereocenters. The van der Waals surface area contributed by atoms with Crippen molar-refractivity contribution in [2.75, 3.05) is 27.3 Å². The number of quaternary nitrogens is 1. The average molecular weight is 395 g/mol. The van der Waals surface area contributed by atoms with Crippen LogP contribution >= 0.6 is 0 Å². The van der Waals surface area contributed by atoms with E-state index in [0.29, 0.717) is 31.7 Å². The van der Waals surface area contributed by atoms with Crippen molar-refractivity contribution in [2.24, 2.45) is 0 Å². The van der Waals surface area contributed by atoms with E-state index in [1.807, 2.05) is 42.5 Å². The van der Waals surface area contributed by atoms with Crippen molar-refractivity contribution in [3.05, 3.63) is 59.2 Å². The van der Waals surface area contributed by atoms with Gasteiger partial charge in [0.1, 0.15) is 6.54 Å². The van der Waals surface area contributed by atoms with Crippen molar-refractivity contribution < 1.29 is 24.0 Å². The Morgan fingerprint density at radius 3 is 2.41 bits per heavy atom. The Bertz CT molecular complexity index is 913. The molecule has 0 spiro atoms. The van der Waals surface area contributed by atoms with Crippen LogP contribution in [0.15, 0.2) is 42.5 Å². The number of nitrogens with one attached hydrogen (secondary N) is 1. The van der Waals surface area contributed by atoms with Gasteiger partial charge < -0.3 is 14.4 Å². The highest BCUT2D eigenvalue weighted by molar-refractivity contribution is 6.04. The van der Waals surface area contributed by atoms with E-state index in [0.717, 1.165) is 34.7 Å². The molecular weight excluding hydrogens is 368 g/mol. The molecule has 2 atom stereocenters. The summed E-state index contributed by atoms with van der Waals surface area (Å²) in [7, 11) is 3.26. The zero-order chi connectivity index (χ0) is 20.4. The van der Waals surface area contributed by atoms with E-state index in [-0.39, 0.29) is 17.9 Å². The molecule has 0 aliphatic carbocycles. The van der Waals surface area contributed by atoms with Gasteiger partial charge in [0, 0.05) is 18.5 Å². The Hall–Kier alpha value is -2.86. The lowest BCUT2D eigenvalue weighted by molar-refractivity contribution is -0.930. The van der Waals surface area contributed by atoms with Crippen molar-refractivity contribution in [1.29, 1.82) is 0 Å². The number of methoxy groups -OCH3 is 2. The van der Waals surface area contributed by atoms with Crippen LogP contribution in [-0.2, 0) is 29.0 Å². The first-order chi connectivity index (χ1) is 14.1. The van der Waals surface area contributed by atoms with Gasteiger partial charge in [0.2, 0.25) is 5.91 Å². The summed E-state index contributed by atoms with van der Waals surface area (Å²) in [6.45, 7) is 2.00. The SMILES string of the molecule is COc1cc2c(cc1OC)C[NH+]([C@@H]1CC(=O)N(CCc3ccccc3)C1=O)CC2. The van der Waals surface area contributed by atoms with Gasteiger partial charge in [-0.25, -0.2) is 0 Å². The number of nitrogens with zero attached hydrogens (tertiary/aromatic N) is 1. The number of carbonyl (C=O) groups is 2. The minimum atomic E-state index is -0.292. The molecule has 2 aromatic rings. The molecule has 0 aromatic heterocycles. The summed E-state index contributed by atoms with van der Waals surface area (Å²) in [6, 6.07) is 13.7. The molecule has 0 radical (unpaired) electrons. The summed E-state index contributed by atoms with van der Waals surface area (Å²) in [5.41, 5.74) is 3.52. The van der Waals surface area contributed by atoms with Gasteiger partial charge in [-0.15, -0.1) is 0 Å². The number of carbonyl (C=O) groups excluding carboxylic acids is 2. The van der Waals surface area contributed by atoms with Crippen LogP contribution < -0.4 is 14.4 Å². The zero-order valence-electron chi connectivity index (χ0n) is 16.9. The van der Waals surface area contributed by atoms with Crippen LogP contribution in [0.5, 0.6) is 11.5 Å². The van der Waals surface area contributed by atoms with Crippen LogP contribution in [0.4, 0.5) is 0 Å². The number of amides is 2. The Morgan fingerprint density at radius 2 is 1.72 bits per heavy atom. The fourth-order valence-corrected chi connectivity index (χ4v) is 4.41. The number of likely N-dealkylation sites (tertiary alicyclic amines) is 1. The van der Waals surface area contributed by atoms with E-state index < -0.39 is 0 Å². The van der Waals surface area contributed by atoms with Crippen molar-refractivity contribution in [2.45, 2.75) is 31.8 Å². The lowest BCUT2D eigenvalue weighted by atomic mass is 9.97. The summed E-state index contributed by atoms with van der Waals surface area (Å²) < 4.78 is 10.8. The normalized spacial score (nSPS) is 21.2. The molecule has 2 aromatic carbocycles. The molecule has 29 heavy (non-hydrogen) atoms. The molecule has 1 N–H and O–H groups in total. The monoisotopic (exact) mass is 395 g/mol. The number of hydrogen-bond acceptors (Lipinski definition) is 4. The van der Waals surface area contributed by atoms with Crippen molar-refractivity contribution in [3.8, 4) is 11.5 Å². The summed E-state index contributed by atoms with van der Waals surface area (Å²) in [5.74, 6) is 1.34. The van der Waals surface area contributed by atoms with E-state index in [9.17, 15) is 9.59 Å². The minimum Gasteiger partial charge on any atom is -0.493 e. The first-order valence-corrected chi connectivity index (χ1v) is 10.1. The van der Waals surface area contributed by atoms with Crippen molar-refractivity contribution >= 4 is 11.8 Å². The van der Waals surface area contributed by atoms with E-state index in [1.54, 1.807) is 14.2 Å². The number of hydrogen-bond donors (Lipinski definition) is 1. The Labute approximate surface area is 171 Å². The summed E-state index contributed by atoms with van der Waals surface area (Å²) in [6.07, 6.45) is 1.85. The summed E-state index contributed by atoms with van der Waals surface area (Å²) >= 11 is 0. The lowest BCUT2D eigenvalue weighted by Gasteiger charge is -2.30. The highest BCUT2D eigenvalue weighted by Gasteiger charge is 2.45. The van der Waals surface area contributed by atoms with Crippen LogP contribution in [0.1, 0.15) is 23.1 Å². The second kappa shape index (κ2) is 8.25. The molecular formula is C23H27N2O4+. The predicted molar refractivity (Wildman–Crippen MR) is 108 cm³/mol.